The summed E-state index contributed by atoms with van der Waals surface area (Å²) in [6, 6.07) is 12.5. The molecule has 110 valence electrons. The van der Waals surface area contributed by atoms with Crippen molar-refractivity contribution in [2.75, 3.05) is 5.43 Å². The molecule has 2 aromatic rings. The molecule has 0 bridgehead atoms. The van der Waals surface area contributed by atoms with E-state index in [0.29, 0.717) is 6.61 Å². The van der Waals surface area contributed by atoms with E-state index in [0.717, 1.165) is 23.3 Å². The lowest BCUT2D eigenvalue weighted by molar-refractivity contribution is -0.384. The largest absolute Gasteiger partial charge is 0.489 e. The molecule has 21 heavy (non-hydrogen) atoms. The van der Waals surface area contributed by atoms with Gasteiger partial charge >= 0.3 is 0 Å². The lowest BCUT2D eigenvalue weighted by Crippen LogP contribution is -2.10. The number of nitrogens with zero attached hydrogens (tertiary/aromatic N) is 1. The van der Waals surface area contributed by atoms with Gasteiger partial charge < -0.3 is 10.2 Å². The lowest BCUT2D eigenvalue weighted by Gasteiger charge is -2.11. The zero-order valence-electron chi connectivity index (χ0n) is 11.7. The quantitative estimate of drug-likeness (QED) is 0.484. The number of aryl methyl sites for hydroxylation is 1. The average molecular weight is 287 g/mol. The Balaban J connectivity index is 2.15. The standard InChI is InChI=1S/C15H17N3O3/c1-2-12-5-3-4-6-15(12)21-10-11-7-8-14(18(19)20)13(9-11)17-16/h3-9,17H,2,10,16H2,1H3. The number of hydrogen-bond donors (Lipinski definition) is 2. The van der Waals surface area contributed by atoms with Crippen LogP contribution in [0, 0.1) is 10.1 Å². The molecule has 3 N–H and O–H groups in total. The number of nitro benzene ring substituents is 1. The van der Waals surface area contributed by atoms with Gasteiger partial charge in [0.05, 0.1) is 4.92 Å². The van der Waals surface area contributed by atoms with Crippen LogP contribution in [0.15, 0.2) is 42.5 Å². The van der Waals surface area contributed by atoms with E-state index in [1.807, 2.05) is 24.3 Å². The van der Waals surface area contributed by atoms with Gasteiger partial charge in [0, 0.05) is 6.07 Å². The second-order valence-electron chi connectivity index (χ2n) is 4.50. The molecule has 0 heterocycles. The van der Waals surface area contributed by atoms with E-state index in [1.54, 1.807) is 12.1 Å². The van der Waals surface area contributed by atoms with Crippen molar-refractivity contribution >= 4 is 11.4 Å². The molecule has 0 atom stereocenters. The van der Waals surface area contributed by atoms with Crippen LogP contribution in [0.4, 0.5) is 11.4 Å². The molecule has 0 unspecified atom stereocenters. The van der Waals surface area contributed by atoms with Crippen LogP contribution in [0.1, 0.15) is 18.1 Å². The summed E-state index contributed by atoms with van der Waals surface area (Å²) in [4.78, 5) is 10.4. The van der Waals surface area contributed by atoms with Gasteiger partial charge in [0.2, 0.25) is 0 Å². The normalized spacial score (nSPS) is 10.2. The summed E-state index contributed by atoms with van der Waals surface area (Å²) >= 11 is 0. The van der Waals surface area contributed by atoms with Crippen LogP contribution in [0.3, 0.4) is 0 Å². The molecule has 6 heteroatoms. The number of anilines is 1. The summed E-state index contributed by atoms with van der Waals surface area (Å²) < 4.78 is 5.78. The predicted molar refractivity (Wildman–Crippen MR) is 81.1 cm³/mol. The number of hydrogen-bond acceptors (Lipinski definition) is 5. The van der Waals surface area contributed by atoms with Gasteiger partial charge in [-0.05, 0) is 35.7 Å². The molecule has 0 radical (unpaired) electrons. The Labute approximate surface area is 122 Å². The van der Waals surface area contributed by atoms with E-state index in [1.165, 1.54) is 6.07 Å². The third-order valence-corrected chi connectivity index (χ3v) is 3.16. The van der Waals surface area contributed by atoms with E-state index < -0.39 is 4.92 Å². The Morgan fingerprint density at radius 1 is 1.29 bits per heavy atom. The van der Waals surface area contributed by atoms with Gasteiger partial charge in [-0.3, -0.25) is 16.0 Å². The van der Waals surface area contributed by atoms with Crippen molar-refractivity contribution in [3.05, 3.63) is 63.7 Å². The molecule has 0 spiro atoms. The van der Waals surface area contributed by atoms with Gasteiger partial charge in [-0.25, -0.2) is 0 Å². The monoisotopic (exact) mass is 287 g/mol. The molecule has 0 aliphatic rings. The van der Waals surface area contributed by atoms with Crippen LogP contribution in [-0.4, -0.2) is 4.92 Å². The Kier molecular flexibility index (Phi) is 4.73. The van der Waals surface area contributed by atoms with Gasteiger partial charge in [0.1, 0.15) is 18.0 Å². The number of nitrogens with one attached hydrogen (secondary N) is 1. The highest BCUT2D eigenvalue weighted by Gasteiger charge is 2.13. The molecule has 0 aliphatic carbocycles. The second kappa shape index (κ2) is 6.71. The molecule has 0 aliphatic heterocycles. The zero-order chi connectivity index (χ0) is 15.2. The smallest absolute Gasteiger partial charge is 0.293 e. The highest BCUT2D eigenvalue weighted by molar-refractivity contribution is 5.62. The van der Waals surface area contributed by atoms with Gasteiger partial charge in [-0.15, -0.1) is 0 Å². The van der Waals surface area contributed by atoms with Crippen molar-refractivity contribution in [3.63, 3.8) is 0 Å². The third kappa shape index (κ3) is 3.49. The third-order valence-electron chi connectivity index (χ3n) is 3.16. The zero-order valence-corrected chi connectivity index (χ0v) is 11.7. The number of nitrogens with two attached hydrogens (primary N) is 1. The molecule has 0 saturated carbocycles. The van der Waals surface area contributed by atoms with Gasteiger partial charge in [-0.1, -0.05) is 25.1 Å². The highest BCUT2D eigenvalue weighted by Crippen LogP contribution is 2.26. The second-order valence-corrected chi connectivity index (χ2v) is 4.50. The summed E-state index contributed by atoms with van der Waals surface area (Å²) in [6.45, 7) is 2.38. The van der Waals surface area contributed by atoms with E-state index in [9.17, 15) is 10.1 Å². The minimum absolute atomic E-state index is 0.0600. The maximum absolute atomic E-state index is 10.8. The van der Waals surface area contributed by atoms with Crippen molar-refractivity contribution in [1.29, 1.82) is 0 Å². The lowest BCUT2D eigenvalue weighted by atomic mass is 10.1. The maximum atomic E-state index is 10.8. The van der Waals surface area contributed by atoms with Crippen molar-refractivity contribution < 1.29 is 9.66 Å². The summed E-state index contributed by atoms with van der Waals surface area (Å²) in [5, 5.41) is 10.8. The first kappa shape index (κ1) is 14.8. The number of rotatable bonds is 6. The topological polar surface area (TPSA) is 90.4 Å². The van der Waals surface area contributed by atoms with Crippen molar-refractivity contribution in [3.8, 4) is 5.75 Å². The van der Waals surface area contributed by atoms with Crippen LogP contribution in [0.5, 0.6) is 5.75 Å². The number of ether oxygens (including phenoxy) is 1. The van der Waals surface area contributed by atoms with Crippen molar-refractivity contribution in [2.24, 2.45) is 5.84 Å². The van der Waals surface area contributed by atoms with E-state index in [-0.39, 0.29) is 11.4 Å². The van der Waals surface area contributed by atoms with Gasteiger partial charge in [0.15, 0.2) is 0 Å². The molecule has 0 aromatic heterocycles. The number of benzene rings is 2. The summed E-state index contributed by atoms with van der Waals surface area (Å²) in [6.07, 6.45) is 0.881. The van der Waals surface area contributed by atoms with Gasteiger partial charge in [0.25, 0.3) is 5.69 Å². The first-order valence-corrected chi connectivity index (χ1v) is 6.60. The average Bonchev–Trinajstić information content (AvgIpc) is 2.52. The summed E-state index contributed by atoms with van der Waals surface area (Å²) in [7, 11) is 0. The van der Waals surface area contributed by atoms with Crippen LogP contribution in [-0.2, 0) is 13.0 Å². The number of hydrazine groups is 1. The fraction of sp³-hybridized carbons (Fsp3) is 0.200. The minimum atomic E-state index is -0.480. The number of nitro groups is 1. The SMILES string of the molecule is CCc1ccccc1OCc1ccc([N+](=O)[O-])c(NN)c1. The Bertz CT molecular complexity index is 644. The number of para-hydroxylation sites is 1. The summed E-state index contributed by atoms with van der Waals surface area (Å²) in [5.41, 5.74) is 4.48. The molecule has 0 fully saturated rings. The van der Waals surface area contributed by atoms with Crippen molar-refractivity contribution in [2.45, 2.75) is 20.0 Å². The molecule has 0 saturated heterocycles. The number of nitrogen functional groups attached to an aromatic ring is 1. The van der Waals surface area contributed by atoms with Gasteiger partial charge in [-0.2, -0.15) is 0 Å². The van der Waals surface area contributed by atoms with Crippen LogP contribution in [0.2, 0.25) is 0 Å². The predicted octanol–water partition coefficient (Wildman–Crippen LogP) is 3.02. The van der Waals surface area contributed by atoms with Crippen LogP contribution < -0.4 is 16.0 Å². The Morgan fingerprint density at radius 2 is 2.05 bits per heavy atom. The molecular formula is C15H17N3O3. The molecule has 2 rings (SSSR count). The van der Waals surface area contributed by atoms with E-state index >= 15 is 0 Å². The molecule has 6 nitrogen and oxygen atoms in total. The van der Waals surface area contributed by atoms with Crippen molar-refractivity contribution in [1.82, 2.24) is 0 Å². The minimum Gasteiger partial charge on any atom is -0.489 e. The molecule has 0 amide bonds. The molecular weight excluding hydrogens is 270 g/mol. The summed E-state index contributed by atoms with van der Waals surface area (Å²) in [5.74, 6) is 6.13. The van der Waals surface area contributed by atoms with E-state index in [2.05, 4.69) is 12.3 Å². The van der Waals surface area contributed by atoms with Crippen LogP contribution >= 0.6 is 0 Å². The van der Waals surface area contributed by atoms with Crippen LogP contribution in [0.25, 0.3) is 0 Å². The first-order chi connectivity index (χ1) is 10.2. The highest BCUT2D eigenvalue weighted by atomic mass is 16.6. The fourth-order valence-corrected chi connectivity index (χ4v) is 2.05. The molecule has 2 aromatic carbocycles. The Hall–Kier alpha value is -2.60. The maximum Gasteiger partial charge on any atom is 0.293 e. The fourth-order valence-electron chi connectivity index (χ4n) is 2.05. The Morgan fingerprint density at radius 3 is 2.71 bits per heavy atom. The first-order valence-electron chi connectivity index (χ1n) is 6.60. The van der Waals surface area contributed by atoms with E-state index in [4.69, 9.17) is 10.6 Å².